The van der Waals surface area contributed by atoms with Gasteiger partial charge >= 0.3 is 0 Å². The summed E-state index contributed by atoms with van der Waals surface area (Å²) in [6.45, 7) is 10.1. The molecule has 1 fully saturated rings. The third kappa shape index (κ3) is 4.78. The maximum Gasteiger partial charge on any atom is 0.0620 e. The molecule has 1 saturated heterocycles. The molecule has 0 aromatic carbocycles. The largest absolute Gasteiger partial charge is 0.383 e. The highest BCUT2D eigenvalue weighted by atomic mass is 16.5. The number of hydrogen-bond donors (Lipinski definition) is 1. The van der Waals surface area contributed by atoms with E-state index in [0.29, 0.717) is 12.1 Å². The van der Waals surface area contributed by atoms with E-state index in [-0.39, 0.29) is 0 Å². The normalized spacial score (nSPS) is 23.6. The fraction of sp³-hybridized carbons (Fsp3) is 1.00. The summed E-state index contributed by atoms with van der Waals surface area (Å²) in [5.41, 5.74) is 0. The smallest absolute Gasteiger partial charge is 0.0620 e. The van der Waals surface area contributed by atoms with E-state index in [1.54, 1.807) is 7.11 Å². The van der Waals surface area contributed by atoms with Gasteiger partial charge < -0.3 is 14.8 Å². The van der Waals surface area contributed by atoms with Gasteiger partial charge in [-0.15, -0.1) is 0 Å². The number of hydrogen-bond acceptors (Lipinski definition) is 4. The fourth-order valence-electron chi connectivity index (χ4n) is 2.23. The molecule has 4 heteroatoms. The molecule has 0 saturated carbocycles. The minimum absolute atomic E-state index is 0.514. The first kappa shape index (κ1) is 13.9. The number of ether oxygens (including phenoxy) is 2. The first-order chi connectivity index (χ1) is 7.77. The number of likely N-dealkylation sites (N-methyl/N-ethyl adjacent to an activating group) is 1. The van der Waals surface area contributed by atoms with Crippen LogP contribution in [0.25, 0.3) is 0 Å². The lowest BCUT2D eigenvalue weighted by Gasteiger charge is -2.32. The van der Waals surface area contributed by atoms with E-state index in [4.69, 9.17) is 9.47 Å². The van der Waals surface area contributed by atoms with Gasteiger partial charge in [0, 0.05) is 32.3 Å². The molecule has 1 aliphatic heterocycles. The number of nitrogens with one attached hydrogen (secondary N) is 1. The van der Waals surface area contributed by atoms with Crippen LogP contribution in [0.3, 0.4) is 0 Å². The molecule has 1 aliphatic rings. The topological polar surface area (TPSA) is 33.7 Å². The highest BCUT2D eigenvalue weighted by molar-refractivity contribution is 4.77. The zero-order valence-corrected chi connectivity index (χ0v) is 10.9. The Hall–Kier alpha value is -0.160. The molecule has 1 rings (SSSR count). The van der Waals surface area contributed by atoms with Gasteiger partial charge in [0.05, 0.1) is 19.8 Å². The number of methoxy groups -OCH3 is 1. The van der Waals surface area contributed by atoms with Crippen molar-refractivity contribution in [3.8, 4) is 0 Å². The molecule has 0 radical (unpaired) electrons. The summed E-state index contributed by atoms with van der Waals surface area (Å²) in [6.07, 6.45) is 1.15. The second-order valence-corrected chi connectivity index (χ2v) is 4.43. The molecule has 0 bridgehead atoms. The van der Waals surface area contributed by atoms with Gasteiger partial charge in [-0.25, -0.2) is 0 Å². The van der Waals surface area contributed by atoms with E-state index in [9.17, 15) is 0 Å². The van der Waals surface area contributed by atoms with Gasteiger partial charge in [0.2, 0.25) is 0 Å². The number of nitrogens with zero attached hydrogens (tertiary/aromatic N) is 1. The van der Waals surface area contributed by atoms with Crippen LogP contribution in [0.2, 0.25) is 0 Å². The minimum atomic E-state index is 0.514. The molecule has 0 amide bonds. The molecule has 0 aromatic rings. The van der Waals surface area contributed by atoms with Crippen molar-refractivity contribution in [3.63, 3.8) is 0 Å². The zero-order valence-electron chi connectivity index (χ0n) is 10.9. The van der Waals surface area contributed by atoms with Crippen LogP contribution in [0, 0.1) is 0 Å². The van der Waals surface area contributed by atoms with Crippen molar-refractivity contribution in [2.75, 3.05) is 46.6 Å². The van der Waals surface area contributed by atoms with Crippen molar-refractivity contribution < 1.29 is 9.47 Å². The summed E-state index contributed by atoms with van der Waals surface area (Å²) in [5.74, 6) is 0. The van der Waals surface area contributed by atoms with Crippen molar-refractivity contribution in [2.45, 2.75) is 32.4 Å². The predicted molar refractivity (Wildman–Crippen MR) is 65.8 cm³/mol. The molecule has 4 nitrogen and oxygen atoms in total. The monoisotopic (exact) mass is 230 g/mol. The second-order valence-electron chi connectivity index (χ2n) is 4.43. The standard InChI is InChI=1S/C12H26N2O2/c1-4-14(6-8-15-3)11(2)9-12-10-16-7-5-13-12/h11-13H,4-10H2,1-3H3. The number of rotatable bonds is 7. The summed E-state index contributed by atoms with van der Waals surface area (Å²) in [7, 11) is 1.76. The Balaban J connectivity index is 2.26. The lowest BCUT2D eigenvalue weighted by Crippen LogP contribution is -2.46. The first-order valence-corrected chi connectivity index (χ1v) is 6.32. The van der Waals surface area contributed by atoms with Crippen LogP contribution < -0.4 is 5.32 Å². The van der Waals surface area contributed by atoms with Crippen LogP contribution in [0.5, 0.6) is 0 Å². The average molecular weight is 230 g/mol. The molecule has 96 valence electrons. The maximum absolute atomic E-state index is 5.47. The van der Waals surface area contributed by atoms with Crippen LogP contribution in [0.15, 0.2) is 0 Å². The summed E-state index contributed by atoms with van der Waals surface area (Å²) in [5, 5.41) is 3.50. The Kier molecular flexibility index (Phi) is 6.96. The Labute approximate surface area is 99.3 Å². The van der Waals surface area contributed by atoms with Crippen molar-refractivity contribution in [1.82, 2.24) is 10.2 Å². The van der Waals surface area contributed by atoms with E-state index >= 15 is 0 Å². The van der Waals surface area contributed by atoms with Gasteiger partial charge in [0.1, 0.15) is 0 Å². The molecule has 1 N–H and O–H groups in total. The SMILES string of the molecule is CCN(CCOC)C(C)CC1COCCN1. The van der Waals surface area contributed by atoms with Crippen LogP contribution in [0.4, 0.5) is 0 Å². The van der Waals surface area contributed by atoms with Crippen molar-refractivity contribution >= 4 is 0 Å². The second kappa shape index (κ2) is 8.01. The van der Waals surface area contributed by atoms with E-state index in [0.717, 1.165) is 45.9 Å². The summed E-state index contributed by atoms with van der Waals surface area (Å²) in [6, 6.07) is 1.10. The summed E-state index contributed by atoms with van der Waals surface area (Å²) in [4.78, 5) is 2.46. The van der Waals surface area contributed by atoms with Gasteiger partial charge in [-0.1, -0.05) is 6.92 Å². The summed E-state index contributed by atoms with van der Waals surface area (Å²) < 4.78 is 10.6. The molecule has 0 spiro atoms. The summed E-state index contributed by atoms with van der Waals surface area (Å²) >= 11 is 0. The van der Waals surface area contributed by atoms with Crippen LogP contribution in [0.1, 0.15) is 20.3 Å². The van der Waals surface area contributed by atoms with Gasteiger partial charge in [0.15, 0.2) is 0 Å². The lowest BCUT2D eigenvalue weighted by molar-refractivity contribution is 0.0583. The third-order valence-electron chi connectivity index (χ3n) is 3.24. The van der Waals surface area contributed by atoms with Crippen molar-refractivity contribution in [3.05, 3.63) is 0 Å². The number of morpholine rings is 1. The van der Waals surface area contributed by atoms with Crippen molar-refractivity contribution in [2.24, 2.45) is 0 Å². The Morgan fingerprint density at radius 3 is 2.94 bits per heavy atom. The molecule has 0 aromatic heterocycles. The zero-order chi connectivity index (χ0) is 11.8. The Morgan fingerprint density at radius 2 is 2.38 bits per heavy atom. The third-order valence-corrected chi connectivity index (χ3v) is 3.24. The van der Waals surface area contributed by atoms with Crippen LogP contribution in [-0.4, -0.2) is 63.5 Å². The van der Waals surface area contributed by atoms with Crippen molar-refractivity contribution in [1.29, 1.82) is 0 Å². The molecule has 0 aliphatic carbocycles. The molecular weight excluding hydrogens is 204 g/mol. The Bertz CT molecular complexity index is 172. The van der Waals surface area contributed by atoms with Gasteiger partial charge in [-0.05, 0) is 19.9 Å². The maximum atomic E-state index is 5.47. The van der Waals surface area contributed by atoms with Gasteiger partial charge in [0.25, 0.3) is 0 Å². The minimum Gasteiger partial charge on any atom is -0.383 e. The molecule has 2 unspecified atom stereocenters. The predicted octanol–water partition coefficient (Wildman–Crippen LogP) is 0.722. The van der Waals surface area contributed by atoms with Crippen LogP contribution >= 0.6 is 0 Å². The van der Waals surface area contributed by atoms with Gasteiger partial charge in [-0.2, -0.15) is 0 Å². The van der Waals surface area contributed by atoms with E-state index in [2.05, 4.69) is 24.1 Å². The highest BCUT2D eigenvalue weighted by Crippen LogP contribution is 2.08. The molecule has 1 heterocycles. The quantitative estimate of drug-likeness (QED) is 0.699. The van der Waals surface area contributed by atoms with Crippen LogP contribution in [-0.2, 0) is 9.47 Å². The van der Waals surface area contributed by atoms with E-state index < -0.39 is 0 Å². The average Bonchev–Trinajstić information content (AvgIpc) is 2.31. The molecule has 2 atom stereocenters. The molecular formula is C12H26N2O2. The van der Waals surface area contributed by atoms with Gasteiger partial charge in [-0.3, -0.25) is 4.90 Å². The lowest BCUT2D eigenvalue weighted by atomic mass is 10.1. The van der Waals surface area contributed by atoms with E-state index in [1.165, 1.54) is 0 Å². The first-order valence-electron chi connectivity index (χ1n) is 6.32. The van der Waals surface area contributed by atoms with E-state index in [1.807, 2.05) is 0 Å². The molecule has 16 heavy (non-hydrogen) atoms. The highest BCUT2D eigenvalue weighted by Gasteiger charge is 2.19. The Morgan fingerprint density at radius 1 is 1.56 bits per heavy atom. The fourth-order valence-corrected chi connectivity index (χ4v) is 2.23.